The van der Waals surface area contributed by atoms with Crippen molar-refractivity contribution in [3.63, 3.8) is 0 Å². The van der Waals surface area contributed by atoms with E-state index in [-0.39, 0.29) is 22.9 Å². The SMILES string of the molecule is Br.COc1ccc(-c2nc3ccccn3c2C)c2c1NC(=O)CC2. The van der Waals surface area contributed by atoms with Gasteiger partial charge < -0.3 is 14.5 Å². The van der Waals surface area contributed by atoms with Crippen molar-refractivity contribution in [2.24, 2.45) is 0 Å². The highest BCUT2D eigenvalue weighted by molar-refractivity contribution is 8.93. The lowest BCUT2D eigenvalue weighted by molar-refractivity contribution is -0.116. The van der Waals surface area contributed by atoms with Crippen molar-refractivity contribution < 1.29 is 9.53 Å². The van der Waals surface area contributed by atoms with Crippen molar-refractivity contribution in [1.29, 1.82) is 0 Å². The number of carbonyl (C=O) groups excluding carboxylic acids is 1. The van der Waals surface area contributed by atoms with Gasteiger partial charge in [0.15, 0.2) is 0 Å². The lowest BCUT2D eigenvalue weighted by Crippen LogP contribution is -2.20. The van der Waals surface area contributed by atoms with Gasteiger partial charge in [-0.3, -0.25) is 4.79 Å². The fourth-order valence-corrected chi connectivity index (χ4v) is 3.23. The fraction of sp³-hybridized carbons (Fsp3) is 0.222. The Morgan fingerprint density at radius 3 is 2.79 bits per heavy atom. The van der Waals surface area contributed by atoms with Gasteiger partial charge in [0, 0.05) is 23.9 Å². The number of aromatic nitrogens is 2. The Bertz CT molecular complexity index is 933. The molecule has 1 N–H and O–H groups in total. The summed E-state index contributed by atoms with van der Waals surface area (Å²) < 4.78 is 7.48. The zero-order valence-corrected chi connectivity index (χ0v) is 15.2. The maximum Gasteiger partial charge on any atom is 0.224 e. The number of fused-ring (bicyclic) bond motifs is 2. The van der Waals surface area contributed by atoms with Gasteiger partial charge in [0.25, 0.3) is 0 Å². The first-order valence-corrected chi connectivity index (χ1v) is 7.63. The van der Waals surface area contributed by atoms with Gasteiger partial charge in [0.1, 0.15) is 11.4 Å². The molecule has 0 saturated heterocycles. The van der Waals surface area contributed by atoms with Crippen LogP contribution in [-0.2, 0) is 11.2 Å². The van der Waals surface area contributed by atoms with Crippen LogP contribution >= 0.6 is 17.0 Å². The van der Waals surface area contributed by atoms with Crippen LogP contribution in [0.3, 0.4) is 0 Å². The van der Waals surface area contributed by atoms with E-state index in [9.17, 15) is 4.79 Å². The topological polar surface area (TPSA) is 55.6 Å². The number of halogens is 1. The third kappa shape index (κ3) is 2.47. The Morgan fingerprint density at radius 2 is 2.04 bits per heavy atom. The fourth-order valence-electron chi connectivity index (χ4n) is 3.23. The van der Waals surface area contributed by atoms with Crippen LogP contribution in [0, 0.1) is 6.92 Å². The van der Waals surface area contributed by atoms with Crippen LogP contribution in [0.15, 0.2) is 36.5 Å². The summed E-state index contributed by atoms with van der Waals surface area (Å²) in [4.78, 5) is 16.5. The summed E-state index contributed by atoms with van der Waals surface area (Å²) >= 11 is 0. The molecule has 0 unspecified atom stereocenters. The average molecular weight is 388 g/mol. The Labute approximate surface area is 150 Å². The monoisotopic (exact) mass is 387 g/mol. The smallest absolute Gasteiger partial charge is 0.224 e. The van der Waals surface area contributed by atoms with Gasteiger partial charge in [-0.25, -0.2) is 4.98 Å². The largest absolute Gasteiger partial charge is 0.495 e. The summed E-state index contributed by atoms with van der Waals surface area (Å²) in [7, 11) is 1.62. The number of rotatable bonds is 2. The maximum absolute atomic E-state index is 11.8. The Hall–Kier alpha value is -2.34. The minimum atomic E-state index is 0. The molecule has 0 aliphatic carbocycles. The van der Waals surface area contributed by atoms with E-state index in [4.69, 9.17) is 9.72 Å². The third-order valence-electron chi connectivity index (χ3n) is 4.38. The molecular weight excluding hydrogens is 370 g/mol. The highest BCUT2D eigenvalue weighted by Gasteiger charge is 2.24. The van der Waals surface area contributed by atoms with Crippen LogP contribution in [0.2, 0.25) is 0 Å². The maximum atomic E-state index is 11.8. The normalized spacial score (nSPS) is 13.2. The molecule has 1 aliphatic heterocycles. The van der Waals surface area contributed by atoms with Gasteiger partial charge in [-0.15, -0.1) is 17.0 Å². The second-order valence-corrected chi connectivity index (χ2v) is 5.69. The Balaban J connectivity index is 0.00000169. The highest BCUT2D eigenvalue weighted by atomic mass is 79.9. The number of nitrogens with one attached hydrogen (secondary N) is 1. The summed E-state index contributed by atoms with van der Waals surface area (Å²) in [5, 5.41) is 2.94. The van der Waals surface area contributed by atoms with Crippen LogP contribution in [0.4, 0.5) is 5.69 Å². The number of ether oxygens (including phenoxy) is 1. The third-order valence-corrected chi connectivity index (χ3v) is 4.38. The molecule has 3 heterocycles. The van der Waals surface area contributed by atoms with E-state index in [1.54, 1.807) is 7.11 Å². The first kappa shape index (κ1) is 16.5. The molecule has 5 nitrogen and oxygen atoms in total. The van der Waals surface area contributed by atoms with Crippen molar-refractivity contribution in [3.05, 3.63) is 47.8 Å². The molecule has 2 aromatic heterocycles. The molecular formula is C18H18BrN3O2. The number of pyridine rings is 1. The molecule has 1 aliphatic rings. The number of benzene rings is 1. The molecule has 1 amide bonds. The van der Waals surface area contributed by atoms with Crippen LogP contribution in [-0.4, -0.2) is 22.4 Å². The van der Waals surface area contributed by atoms with Crippen LogP contribution in [0.25, 0.3) is 16.9 Å². The number of aryl methyl sites for hydroxylation is 1. The Kier molecular flexibility index (Phi) is 4.32. The van der Waals surface area contributed by atoms with E-state index >= 15 is 0 Å². The molecule has 0 bridgehead atoms. The van der Waals surface area contributed by atoms with Crippen LogP contribution in [0.1, 0.15) is 17.7 Å². The molecule has 1 aromatic carbocycles. The molecule has 0 atom stereocenters. The summed E-state index contributed by atoms with van der Waals surface area (Å²) in [5.41, 5.74) is 5.88. The van der Waals surface area contributed by atoms with Crippen molar-refractivity contribution in [3.8, 4) is 17.0 Å². The van der Waals surface area contributed by atoms with Crippen molar-refractivity contribution in [1.82, 2.24) is 9.38 Å². The minimum Gasteiger partial charge on any atom is -0.495 e. The quantitative estimate of drug-likeness (QED) is 0.727. The number of amides is 1. The predicted octanol–water partition coefficient (Wildman–Crippen LogP) is 3.78. The molecule has 4 rings (SSSR count). The van der Waals surface area contributed by atoms with Gasteiger partial charge in [-0.1, -0.05) is 6.07 Å². The van der Waals surface area contributed by atoms with E-state index < -0.39 is 0 Å². The average Bonchev–Trinajstić information content (AvgIpc) is 2.91. The van der Waals surface area contributed by atoms with E-state index in [0.29, 0.717) is 18.6 Å². The summed E-state index contributed by atoms with van der Waals surface area (Å²) in [5.74, 6) is 0.720. The standard InChI is InChI=1S/C18H17N3O2.BrH/c1-11-17(19-15-5-3-4-10-21(11)15)12-6-8-14(23-2)18-13(12)7-9-16(22)20-18;/h3-6,8,10H,7,9H2,1-2H3,(H,20,22);1H. The van der Waals surface area contributed by atoms with Gasteiger partial charge >= 0.3 is 0 Å². The summed E-state index contributed by atoms with van der Waals surface area (Å²) in [6, 6.07) is 9.89. The van der Waals surface area contributed by atoms with Gasteiger partial charge in [0.2, 0.25) is 5.91 Å². The number of carbonyl (C=O) groups is 1. The van der Waals surface area contributed by atoms with Crippen LogP contribution < -0.4 is 10.1 Å². The summed E-state index contributed by atoms with van der Waals surface area (Å²) in [6.45, 7) is 2.06. The first-order valence-electron chi connectivity index (χ1n) is 7.63. The molecule has 24 heavy (non-hydrogen) atoms. The number of nitrogens with zero attached hydrogens (tertiary/aromatic N) is 2. The van der Waals surface area contributed by atoms with Crippen molar-refractivity contribution in [2.75, 3.05) is 12.4 Å². The number of hydrogen-bond donors (Lipinski definition) is 1. The number of methoxy groups -OCH3 is 1. The molecule has 3 aromatic rings. The van der Waals surface area contributed by atoms with Gasteiger partial charge in [0.05, 0.1) is 18.5 Å². The Morgan fingerprint density at radius 1 is 1.21 bits per heavy atom. The molecule has 0 fully saturated rings. The minimum absolute atomic E-state index is 0. The lowest BCUT2D eigenvalue weighted by Gasteiger charge is -2.22. The molecule has 6 heteroatoms. The second kappa shape index (κ2) is 6.28. The highest BCUT2D eigenvalue weighted by Crippen LogP contribution is 2.39. The number of anilines is 1. The van der Waals surface area contributed by atoms with E-state index in [2.05, 4.69) is 16.6 Å². The van der Waals surface area contributed by atoms with Crippen molar-refractivity contribution in [2.45, 2.75) is 19.8 Å². The van der Waals surface area contributed by atoms with Gasteiger partial charge in [-0.05, 0) is 43.2 Å². The molecule has 0 saturated carbocycles. The van der Waals surface area contributed by atoms with Crippen LogP contribution in [0.5, 0.6) is 5.75 Å². The molecule has 0 radical (unpaired) electrons. The van der Waals surface area contributed by atoms with E-state index in [1.807, 2.05) is 36.5 Å². The zero-order valence-electron chi connectivity index (χ0n) is 13.5. The van der Waals surface area contributed by atoms with E-state index in [1.165, 1.54) is 0 Å². The summed E-state index contributed by atoms with van der Waals surface area (Å²) in [6.07, 6.45) is 3.19. The molecule has 0 spiro atoms. The predicted molar refractivity (Wildman–Crippen MR) is 99.2 cm³/mol. The number of imidazole rings is 1. The zero-order chi connectivity index (χ0) is 16.0. The first-order chi connectivity index (χ1) is 11.2. The van der Waals surface area contributed by atoms with Gasteiger partial charge in [-0.2, -0.15) is 0 Å². The molecule has 124 valence electrons. The van der Waals surface area contributed by atoms with Crippen molar-refractivity contribution >= 4 is 34.2 Å². The second-order valence-electron chi connectivity index (χ2n) is 5.69. The number of hydrogen-bond acceptors (Lipinski definition) is 3. The van der Waals surface area contributed by atoms with E-state index in [0.717, 1.165) is 33.8 Å². The lowest BCUT2D eigenvalue weighted by atomic mass is 9.94.